The van der Waals surface area contributed by atoms with Crippen molar-refractivity contribution in [2.75, 3.05) is 31.1 Å². The molecule has 1 amide bonds. The van der Waals surface area contributed by atoms with Crippen molar-refractivity contribution < 1.29 is 23.0 Å². The zero-order valence-corrected chi connectivity index (χ0v) is 13.5. The SMILES string of the molecule is CC(C)(C)OC(=O)N1CCN(c2cc[c]cc2OC(F)F)CC1. The Kier molecular flexibility index (Phi) is 5.28. The van der Waals surface area contributed by atoms with Gasteiger partial charge in [0, 0.05) is 26.2 Å². The molecule has 1 aromatic carbocycles. The maximum absolute atomic E-state index is 12.5. The summed E-state index contributed by atoms with van der Waals surface area (Å²) in [4.78, 5) is 15.6. The summed E-state index contributed by atoms with van der Waals surface area (Å²) >= 11 is 0. The average molecular weight is 327 g/mol. The van der Waals surface area contributed by atoms with E-state index in [9.17, 15) is 13.6 Å². The first kappa shape index (κ1) is 17.3. The Morgan fingerprint density at radius 1 is 1.26 bits per heavy atom. The van der Waals surface area contributed by atoms with Gasteiger partial charge in [0.2, 0.25) is 0 Å². The standard InChI is InChI=1S/C16H21F2N2O3/c1-16(2,3)23-15(21)20-10-8-19(9-11-20)12-6-4-5-7-13(12)22-14(17)18/h4,6-7,14H,8-11H2,1-3H3. The normalized spacial score (nSPS) is 15.7. The first-order chi connectivity index (χ1) is 10.8. The Balaban J connectivity index is 1.98. The molecule has 0 atom stereocenters. The third-order valence-electron chi connectivity index (χ3n) is 3.29. The highest BCUT2D eigenvalue weighted by Crippen LogP contribution is 2.30. The van der Waals surface area contributed by atoms with Crippen molar-refractivity contribution in [1.29, 1.82) is 0 Å². The molecule has 0 aliphatic carbocycles. The third-order valence-corrected chi connectivity index (χ3v) is 3.29. The molecular formula is C16H21F2N2O3. The summed E-state index contributed by atoms with van der Waals surface area (Å²) in [5.41, 5.74) is 0.0368. The van der Waals surface area contributed by atoms with Crippen LogP contribution in [0.1, 0.15) is 20.8 Å². The fourth-order valence-corrected chi connectivity index (χ4v) is 2.31. The first-order valence-corrected chi connectivity index (χ1v) is 7.44. The van der Waals surface area contributed by atoms with E-state index in [4.69, 9.17) is 4.74 Å². The highest BCUT2D eigenvalue weighted by atomic mass is 19.3. The van der Waals surface area contributed by atoms with Crippen molar-refractivity contribution >= 4 is 11.8 Å². The lowest BCUT2D eigenvalue weighted by molar-refractivity contribution is -0.0495. The number of carbonyl (C=O) groups is 1. The van der Waals surface area contributed by atoms with Crippen molar-refractivity contribution in [2.24, 2.45) is 0 Å². The van der Waals surface area contributed by atoms with Crippen molar-refractivity contribution in [1.82, 2.24) is 4.90 Å². The van der Waals surface area contributed by atoms with Crippen LogP contribution in [0.2, 0.25) is 0 Å². The molecule has 0 aromatic heterocycles. The van der Waals surface area contributed by atoms with Gasteiger partial charge in [-0.2, -0.15) is 8.78 Å². The summed E-state index contributed by atoms with van der Waals surface area (Å²) in [6.45, 7) is 4.52. The number of halogens is 2. The minimum absolute atomic E-state index is 0.0909. The van der Waals surface area contributed by atoms with Gasteiger partial charge in [-0.3, -0.25) is 0 Å². The lowest BCUT2D eigenvalue weighted by Crippen LogP contribution is -2.50. The topological polar surface area (TPSA) is 42.0 Å². The van der Waals surface area contributed by atoms with Crippen LogP contribution in [0.4, 0.5) is 19.3 Å². The van der Waals surface area contributed by atoms with Gasteiger partial charge in [0.1, 0.15) is 11.4 Å². The number of amides is 1. The van der Waals surface area contributed by atoms with Gasteiger partial charge >= 0.3 is 12.7 Å². The minimum Gasteiger partial charge on any atom is -0.444 e. The van der Waals surface area contributed by atoms with Gasteiger partial charge in [-0.05, 0) is 39.0 Å². The predicted octanol–water partition coefficient (Wildman–Crippen LogP) is 3.15. The lowest BCUT2D eigenvalue weighted by atomic mass is 10.2. The molecule has 7 heteroatoms. The molecule has 23 heavy (non-hydrogen) atoms. The number of hydrogen-bond acceptors (Lipinski definition) is 4. The number of ether oxygens (including phenoxy) is 2. The van der Waals surface area contributed by atoms with Gasteiger partial charge in [0.05, 0.1) is 5.69 Å². The van der Waals surface area contributed by atoms with Crippen LogP contribution in [0.15, 0.2) is 18.2 Å². The van der Waals surface area contributed by atoms with Gasteiger partial charge in [0.25, 0.3) is 0 Å². The number of anilines is 1. The zero-order chi connectivity index (χ0) is 17.0. The summed E-state index contributed by atoms with van der Waals surface area (Å²) in [7, 11) is 0. The summed E-state index contributed by atoms with van der Waals surface area (Å²) in [6, 6.07) is 7.45. The van der Waals surface area contributed by atoms with Crippen LogP contribution in [-0.4, -0.2) is 49.4 Å². The molecule has 1 aliphatic rings. The Morgan fingerprint density at radius 3 is 2.48 bits per heavy atom. The molecule has 2 rings (SSSR count). The van der Waals surface area contributed by atoms with Crippen LogP contribution in [0.25, 0.3) is 0 Å². The van der Waals surface area contributed by atoms with Gasteiger partial charge in [-0.1, -0.05) is 6.07 Å². The van der Waals surface area contributed by atoms with Gasteiger partial charge in [-0.15, -0.1) is 0 Å². The maximum atomic E-state index is 12.5. The number of rotatable bonds is 3. The molecular weight excluding hydrogens is 306 g/mol. The fraction of sp³-hybridized carbons (Fsp3) is 0.562. The van der Waals surface area contributed by atoms with E-state index >= 15 is 0 Å². The molecule has 5 nitrogen and oxygen atoms in total. The second-order valence-corrected chi connectivity index (χ2v) is 6.23. The largest absolute Gasteiger partial charge is 0.444 e. The summed E-state index contributed by atoms with van der Waals surface area (Å²) < 4.78 is 34.8. The average Bonchev–Trinajstić information content (AvgIpc) is 2.45. The minimum atomic E-state index is -2.88. The van der Waals surface area contributed by atoms with Crippen LogP contribution in [-0.2, 0) is 4.74 Å². The number of benzene rings is 1. The Labute approximate surface area is 134 Å². The molecule has 1 heterocycles. The van der Waals surface area contributed by atoms with Crippen LogP contribution >= 0.6 is 0 Å². The number of nitrogens with zero attached hydrogens (tertiary/aromatic N) is 2. The molecule has 0 N–H and O–H groups in total. The van der Waals surface area contributed by atoms with E-state index in [2.05, 4.69) is 10.8 Å². The van der Waals surface area contributed by atoms with Crippen molar-refractivity contribution in [3.05, 3.63) is 24.3 Å². The molecule has 1 radical (unpaired) electrons. The summed E-state index contributed by atoms with van der Waals surface area (Å²) in [6.07, 6.45) is -0.359. The molecule has 0 bridgehead atoms. The molecule has 127 valence electrons. The van der Waals surface area contributed by atoms with Gasteiger partial charge in [-0.25, -0.2) is 4.79 Å². The zero-order valence-electron chi connectivity index (χ0n) is 13.5. The third kappa shape index (κ3) is 4.97. The van der Waals surface area contributed by atoms with E-state index in [1.165, 1.54) is 6.07 Å². The summed E-state index contributed by atoms with van der Waals surface area (Å²) in [5, 5.41) is 0. The quantitative estimate of drug-likeness (QED) is 0.855. The van der Waals surface area contributed by atoms with Gasteiger partial charge in [0.15, 0.2) is 0 Å². The molecule has 1 fully saturated rings. The molecule has 1 aromatic rings. The monoisotopic (exact) mass is 327 g/mol. The van der Waals surface area contributed by atoms with Crippen LogP contribution < -0.4 is 9.64 Å². The van der Waals surface area contributed by atoms with Gasteiger partial charge < -0.3 is 19.3 Å². The second-order valence-electron chi connectivity index (χ2n) is 6.23. The number of alkyl halides is 2. The number of piperazine rings is 1. The van der Waals surface area contributed by atoms with E-state index in [-0.39, 0.29) is 11.8 Å². The van der Waals surface area contributed by atoms with Crippen molar-refractivity contribution in [3.8, 4) is 5.75 Å². The smallest absolute Gasteiger partial charge is 0.410 e. The van der Waals surface area contributed by atoms with Crippen molar-refractivity contribution in [2.45, 2.75) is 33.0 Å². The Bertz CT molecular complexity index is 538. The molecule has 1 saturated heterocycles. The van der Waals surface area contributed by atoms with Crippen LogP contribution in [0.3, 0.4) is 0 Å². The van der Waals surface area contributed by atoms with Crippen LogP contribution in [0, 0.1) is 6.07 Å². The highest BCUT2D eigenvalue weighted by Gasteiger charge is 2.27. The maximum Gasteiger partial charge on any atom is 0.410 e. The Morgan fingerprint density at radius 2 is 1.91 bits per heavy atom. The Hall–Kier alpha value is -2.05. The van der Waals surface area contributed by atoms with E-state index in [1.54, 1.807) is 17.0 Å². The first-order valence-electron chi connectivity index (χ1n) is 7.44. The van der Waals surface area contributed by atoms with E-state index in [0.29, 0.717) is 31.9 Å². The number of hydrogen-bond donors (Lipinski definition) is 0. The number of carbonyl (C=O) groups excluding carboxylic acids is 1. The predicted molar refractivity (Wildman–Crippen MR) is 81.9 cm³/mol. The fourth-order valence-electron chi connectivity index (χ4n) is 2.31. The van der Waals surface area contributed by atoms with E-state index in [0.717, 1.165) is 0 Å². The molecule has 0 saturated carbocycles. The van der Waals surface area contributed by atoms with Crippen LogP contribution in [0.5, 0.6) is 5.75 Å². The molecule has 1 aliphatic heterocycles. The second kappa shape index (κ2) is 7.02. The molecule has 0 spiro atoms. The van der Waals surface area contributed by atoms with E-state index < -0.39 is 12.2 Å². The highest BCUT2D eigenvalue weighted by molar-refractivity contribution is 5.69. The van der Waals surface area contributed by atoms with E-state index in [1.807, 2.05) is 25.7 Å². The summed E-state index contributed by atoms with van der Waals surface area (Å²) in [5.74, 6) is 0.0909. The van der Waals surface area contributed by atoms with Crippen molar-refractivity contribution in [3.63, 3.8) is 0 Å². The molecule has 0 unspecified atom stereocenters. The lowest BCUT2D eigenvalue weighted by Gasteiger charge is -2.37.